The van der Waals surface area contributed by atoms with Crippen LogP contribution in [0.1, 0.15) is 22.8 Å². The van der Waals surface area contributed by atoms with Gasteiger partial charge in [0.1, 0.15) is 0 Å². The Balaban J connectivity index is 1.51. The number of aromatic nitrogens is 4. The highest BCUT2D eigenvalue weighted by atomic mass is 32.2. The van der Waals surface area contributed by atoms with E-state index in [1.807, 2.05) is 25.1 Å². The van der Waals surface area contributed by atoms with E-state index in [4.69, 9.17) is 4.42 Å². The standard InChI is InChI=1S/C16H16N4OS/c1-12-9-18-14(10-17-12)11-22-16-20-19-15(21-16)8-7-13-5-3-2-4-6-13/h2-6,9-10H,7-8,11H2,1H3. The molecule has 0 amide bonds. The first-order valence-electron chi connectivity index (χ1n) is 7.06. The first kappa shape index (κ1) is 14.7. The number of benzene rings is 1. The molecule has 0 fully saturated rings. The van der Waals surface area contributed by atoms with Crippen molar-refractivity contribution in [1.82, 2.24) is 20.2 Å². The van der Waals surface area contributed by atoms with Crippen molar-refractivity contribution in [3.8, 4) is 0 Å². The molecule has 0 atom stereocenters. The van der Waals surface area contributed by atoms with E-state index in [0.29, 0.717) is 16.9 Å². The molecule has 0 aliphatic carbocycles. The van der Waals surface area contributed by atoms with Crippen molar-refractivity contribution >= 4 is 11.8 Å². The molecular formula is C16H16N4OS. The molecule has 2 aromatic heterocycles. The maximum absolute atomic E-state index is 5.64. The molecular weight excluding hydrogens is 296 g/mol. The summed E-state index contributed by atoms with van der Waals surface area (Å²) < 4.78 is 5.64. The van der Waals surface area contributed by atoms with Gasteiger partial charge < -0.3 is 4.42 Å². The topological polar surface area (TPSA) is 64.7 Å². The summed E-state index contributed by atoms with van der Waals surface area (Å²) in [7, 11) is 0. The minimum atomic E-state index is 0.574. The lowest BCUT2D eigenvalue weighted by molar-refractivity contribution is 0.412. The van der Waals surface area contributed by atoms with Gasteiger partial charge in [-0.15, -0.1) is 10.2 Å². The van der Waals surface area contributed by atoms with E-state index in [1.165, 1.54) is 17.3 Å². The Morgan fingerprint density at radius 1 is 1.00 bits per heavy atom. The van der Waals surface area contributed by atoms with Gasteiger partial charge in [-0.05, 0) is 18.9 Å². The van der Waals surface area contributed by atoms with Gasteiger partial charge in [0.05, 0.1) is 11.4 Å². The van der Waals surface area contributed by atoms with Gasteiger partial charge in [-0.1, -0.05) is 42.1 Å². The highest BCUT2D eigenvalue weighted by molar-refractivity contribution is 7.98. The molecule has 0 N–H and O–H groups in total. The summed E-state index contributed by atoms with van der Waals surface area (Å²) in [5, 5.41) is 8.72. The third-order valence-corrected chi connectivity index (χ3v) is 3.95. The Hall–Kier alpha value is -2.21. The quantitative estimate of drug-likeness (QED) is 0.651. The molecule has 0 aliphatic rings. The number of hydrogen-bond donors (Lipinski definition) is 0. The van der Waals surface area contributed by atoms with Gasteiger partial charge in [0.25, 0.3) is 5.22 Å². The van der Waals surface area contributed by atoms with Crippen molar-refractivity contribution in [2.24, 2.45) is 0 Å². The van der Waals surface area contributed by atoms with Crippen LogP contribution in [0.2, 0.25) is 0 Å². The largest absolute Gasteiger partial charge is 0.416 e. The lowest BCUT2D eigenvalue weighted by Gasteiger charge is -1.98. The molecule has 1 aromatic carbocycles. The summed E-state index contributed by atoms with van der Waals surface area (Å²) in [5.41, 5.74) is 3.08. The fourth-order valence-electron chi connectivity index (χ4n) is 1.92. The molecule has 0 saturated heterocycles. The van der Waals surface area contributed by atoms with Gasteiger partial charge in [0, 0.05) is 24.6 Å². The first-order chi connectivity index (χ1) is 10.8. The number of nitrogens with zero attached hydrogens (tertiary/aromatic N) is 4. The molecule has 0 saturated carbocycles. The molecule has 0 aliphatic heterocycles. The van der Waals surface area contributed by atoms with Crippen LogP contribution in [0.15, 0.2) is 52.4 Å². The molecule has 3 rings (SSSR count). The number of rotatable bonds is 6. The van der Waals surface area contributed by atoms with E-state index in [-0.39, 0.29) is 0 Å². The molecule has 5 nitrogen and oxygen atoms in total. The van der Waals surface area contributed by atoms with E-state index in [9.17, 15) is 0 Å². The normalized spacial score (nSPS) is 10.8. The van der Waals surface area contributed by atoms with Crippen LogP contribution in [-0.2, 0) is 18.6 Å². The zero-order valence-electron chi connectivity index (χ0n) is 12.3. The second kappa shape index (κ2) is 7.17. The lowest BCUT2D eigenvalue weighted by Crippen LogP contribution is -1.90. The summed E-state index contributed by atoms with van der Waals surface area (Å²) in [6.45, 7) is 1.92. The van der Waals surface area contributed by atoms with Crippen molar-refractivity contribution in [2.75, 3.05) is 0 Å². The minimum Gasteiger partial charge on any atom is -0.416 e. The smallest absolute Gasteiger partial charge is 0.276 e. The molecule has 3 aromatic rings. The van der Waals surface area contributed by atoms with Gasteiger partial charge in [0.15, 0.2) is 0 Å². The van der Waals surface area contributed by atoms with Crippen LogP contribution in [0, 0.1) is 6.92 Å². The van der Waals surface area contributed by atoms with Crippen LogP contribution in [0.4, 0.5) is 0 Å². The fraction of sp³-hybridized carbons (Fsp3) is 0.250. The van der Waals surface area contributed by atoms with Crippen molar-refractivity contribution < 1.29 is 4.42 Å². The Kier molecular flexibility index (Phi) is 4.80. The van der Waals surface area contributed by atoms with Crippen molar-refractivity contribution in [3.63, 3.8) is 0 Å². The maximum atomic E-state index is 5.64. The average Bonchev–Trinajstić information content (AvgIpc) is 3.01. The number of thioether (sulfide) groups is 1. The van der Waals surface area contributed by atoms with E-state index < -0.39 is 0 Å². The minimum absolute atomic E-state index is 0.574. The highest BCUT2D eigenvalue weighted by Gasteiger charge is 2.08. The molecule has 0 radical (unpaired) electrons. The average molecular weight is 312 g/mol. The van der Waals surface area contributed by atoms with E-state index >= 15 is 0 Å². The van der Waals surface area contributed by atoms with E-state index in [0.717, 1.165) is 24.2 Å². The zero-order valence-corrected chi connectivity index (χ0v) is 13.1. The van der Waals surface area contributed by atoms with Gasteiger partial charge >= 0.3 is 0 Å². The van der Waals surface area contributed by atoms with Gasteiger partial charge in [-0.2, -0.15) is 0 Å². The summed E-state index contributed by atoms with van der Waals surface area (Å²) in [5.74, 6) is 1.34. The van der Waals surface area contributed by atoms with Crippen LogP contribution >= 0.6 is 11.8 Å². The van der Waals surface area contributed by atoms with E-state index in [1.54, 1.807) is 12.4 Å². The molecule has 0 bridgehead atoms. The van der Waals surface area contributed by atoms with Crippen LogP contribution in [0.5, 0.6) is 0 Å². The third-order valence-electron chi connectivity index (χ3n) is 3.10. The van der Waals surface area contributed by atoms with Crippen molar-refractivity contribution in [1.29, 1.82) is 0 Å². The monoisotopic (exact) mass is 312 g/mol. The van der Waals surface area contributed by atoms with Crippen molar-refractivity contribution in [2.45, 2.75) is 30.7 Å². The molecule has 22 heavy (non-hydrogen) atoms. The van der Waals surface area contributed by atoms with Crippen LogP contribution in [0.3, 0.4) is 0 Å². The number of aryl methyl sites for hydroxylation is 3. The summed E-state index contributed by atoms with van der Waals surface area (Å²) in [6, 6.07) is 10.3. The molecule has 0 unspecified atom stereocenters. The first-order valence-corrected chi connectivity index (χ1v) is 8.05. The van der Waals surface area contributed by atoms with Crippen LogP contribution in [0.25, 0.3) is 0 Å². The third kappa shape index (κ3) is 4.14. The Labute approximate surface area is 133 Å². The molecule has 0 spiro atoms. The molecule has 6 heteroatoms. The van der Waals surface area contributed by atoms with Gasteiger partial charge in [-0.25, -0.2) is 0 Å². The summed E-state index contributed by atoms with van der Waals surface area (Å²) in [6.07, 6.45) is 5.18. The maximum Gasteiger partial charge on any atom is 0.276 e. The second-order valence-corrected chi connectivity index (χ2v) is 5.81. The van der Waals surface area contributed by atoms with E-state index in [2.05, 4.69) is 32.3 Å². The fourth-order valence-corrected chi connectivity index (χ4v) is 2.60. The van der Waals surface area contributed by atoms with Gasteiger partial charge in [-0.3, -0.25) is 9.97 Å². The molecule has 2 heterocycles. The Morgan fingerprint density at radius 3 is 2.64 bits per heavy atom. The SMILES string of the molecule is Cc1cnc(CSc2nnc(CCc3ccccc3)o2)cn1. The van der Waals surface area contributed by atoms with Gasteiger partial charge in [0.2, 0.25) is 5.89 Å². The Morgan fingerprint density at radius 2 is 1.86 bits per heavy atom. The Bertz CT molecular complexity index is 713. The highest BCUT2D eigenvalue weighted by Crippen LogP contribution is 2.20. The summed E-state index contributed by atoms with van der Waals surface area (Å²) in [4.78, 5) is 8.52. The number of hydrogen-bond acceptors (Lipinski definition) is 6. The summed E-state index contributed by atoms with van der Waals surface area (Å²) >= 11 is 1.48. The predicted molar refractivity (Wildman–Crippen MR) is 84.5 cm³/mol. The van der Waals surface area contributed by atoms with Crippen molar-refractivity contribution in [3.05, 3.63) is 65.6 Å². The van der Waals surface area contributed by atoms with Crippen LogP contribution in [-0.4, -0.2) is 20.2 Å². The zero-order chi connectivity index (χ0) is 15.2. The van der Waals surface area contributed by atoms with Crippen LogP contribution < -0.4 is 0 Å². The lowest BCUT2D eigenvalue weighted by atomic mass is 10.1. The second-order valence-electron chi connectivity index (χ2n) is 4.89. The molecule has 112 valence electrons. The predicted octanol–water partition coefficient (Wildman–Crippen LogP) is 3.25.